The van der Waals surface area contributed by atoms with Gasteiger partial charge in [-0.1, -0.05) is 0 Å². The van der Waals surface area contributed by atoms with Crippen molar-refractivity contribution in [2.45, 2.75) is 25.0 Å². The Morgan fingerprint density at radius 2 is 2.25 bits per heavy atom. The number of carboxylic acids is 1. The Bertz CT molecular complexity index is 661. The van der Waals surface area contributed by atoms with Gasteiger partial charge in [-0.05, 0) is 12.8 Å². The number of nitrogens with zero attached hydrogens (tertiary/aromatic N) is 3. The largest absolute Gasteiger partial charge is 0.478 e. The number of anilines is 1. The number of fused-ring (bicyclic) bond motifs is 1. The van der Waals surface area contributed by atoms with Crippen LogP contribution in [-0.2, 0) is 11.8 Å². The molecular formula is C13H16N4O3. The Labute approximate surface area is 115 Å². The maximum Gasteiger partial charge on any atom is 0.339 e. The van der Waals surface area contributed by atoms with E-state index >= 15 is 0 Å². The number of hydrogen-bond acceptors (Lipinski definition) is 5. The quantitative estimate of drug-likeness (QED) is 0.873. The molecule has 3 rings (SSSR count). The average Bonchev–Trinajstić information content (AvgIpc) is 2.75. The van der Waals surface area contributed by atoms with Crippen LogP contribution >= 0.6 is 0 Å². The van der Waals surface area contributed by atoms with Crippen molar-refractivity contribution in [3.63, 3.8) is 0 Å². The van der Waals surface area contributed by atoms with Gasteiger partial charge in [0.1, 0.15) is 5.56 Å². The fraction of sp³-hybridized carbons (Fsp3) is 0.462. The monoisotopic (exact) mass is 276 g/mol. The van der Waals surface area contributed by atoms with Crippen molar-refractivity contribution in [3.05, 3.63) is 18.0 Å². The number of nitrogens with one attached hydrogen (secondary N) is 1. The zero-order valence-corrected chi connectivity index (χ0v) is 11.3. The first-order valence-electron chi connectivity index (χ1n) is 6.43. The third-order valence-electron chi connectivity index (χ3n) is 3.77. The van der Waals surface area contributed by atoms with Gasteiger partial charge >= 0.3 is 5.97 Å². The number of carboxylic acid groups (broad SMARTS) is 1. The minimum Gasteiger partial charge on any atom is -0.478 e. The second-order valence-electron chi connectivity index (χ2n) is 5.03. The van der Waals surface area contributed by atoms with Crippen molar-refractivity contribution in [3.8, 4) is 0 Å². The second kappa shape index (κ2) is 4.75. The van der Waals surface area contributed by atoms with Crippen LogP contribution in [0.4, 0.5) is 5.69 Å². The van der Waals surface area contributed by atoms with Crippen LogP contribution < -0.4 is 5.32 Å². The first kappa shape index (κ1) is 12.9. The van der Waals surface area contributed by atoms with Crippen molar-refractivity contribution in [1.82, 2.24) is 14.8 Å². The van der Waals surface area contributed by atoms with E-state index in [0.717, 1.165) is 18.2 Å². The van der Waals surface area contributed by atoms with E-state index in [1.54, 1.807) is 25.0 Å². The van der Waals surface area contributed by atoms with E-state index in [1.165, 1.54) is 6.20 Å². The molecule has 0 bridgehead atoms. The molecule has 1 fully saturated rings. The predicted molar refractivity (Wildman–Crippen MR) is 72.9 cm³/mol. The summed E-state index contributed by atoms with van der Waals surface area (Å²) < 4.78 is 6.87. The number of aryl methyl sites for hydroxylation is 1. The van der Waals surface area contributed by atoms with Crippen molar-refractivity contribution in [2.24, 2.45) is 7.05 Å². The minimum atomic E-state index is -0.992. The molecule has 1 saturated carbocycles. The highest BCUT2D eigenvalue weighted by atomic mass is 16.5. The van der Waals surface area contributed by atoms with E-state index in [1.807, 2.05) is 0 Å². The summed E-state index contributed by atoms with van der Waals surface area (Å²) in [7, 11) is 3.47. The molecule has 1 aliphatic rings. The van der Waals surface area contributed by atoms with Crippen LogP contribution in [-0.4, -0.2) is 45.1 Å². The zero-order valence-electron chi connectivity index (χ0n) is 11.3. The van der Waals surface area contributed by atoms with Gasteiger partial charge in [-0.2, -0.15) is 5.10 Å². The summed E-state index contributed by atoms with van der Waals surface area (Å²) in [6.45, 7) is 0. The molecule has 2 aromatic rings. The molecule has 20 heavy (non-hydrogen) atoms. The minimum absolute atomic E-state index is 0.173. The van der Waals surface area contributed by atoms with Gasteiger partial charge in [-0.15, -0.1) is 0 Å². The van der Waals surface area contributed by atoms with Crippen LogP contribution in [0.1, 0.15) is 23.2 Å². The van der Waals surface area contributed by atoms with E-state index < -0.39 is 5.97 Å². The van der Waals surface area contributed by atoms with Crippen molar-refractivity contribution in [1.29, 1.82) is 0 Å². The van der Waals surface area contributed by atoms with Gasteiger partial charge in [0.05, 0.1) is 23.4 Å². The Hall–Kier alpha value is -2.15. The van der Waals surface area contributed by atoms with E-state index in [4.69, 9.17) is 4.74 Å². The van der Waals surface area contributed by atoms with Crippen LogP contribution in [0, 0.1) is 0 Å². The summed E-state index contributed by atoms with van der Waals surface area (Å²) in [6.07, 6.45) is 5.02. The highest BCUT2D eigenvalue weighted by Gasteiger charge is 2.30. The number of ether oxygens (including phenoxy) is 1. The van der Waals surface area contributed by atoms with Gasteiger partial charge in [0.2, 0.25) is 0 Å². The van der Waals surface area contributed by atoms with Crippen molar-refractivity contribution >= 4 is 22.7 Å². The maximum atomic E-state index is 11.3. The summed E-state index contributed by atoms with van der Waals surface area (Å²) in [5.41, 5.74) is 1.43. The van der Waals surface area contributed by atoms with Crippen LogP contribution in [0.5, 0.6) is 0 Å². The van der Waals surface area contributed by atoms with Gasteiger partial charge < -0.3 is 15.2 Å². The van der Waals surface area contributed by atoms with Gasteiger partial charge in [-0.3, -0.25) is 4.68 Å². The summed E-state index contributed by atoms with van der Waals surface area (Å²) in [4.78, 5) is 15.5. The van der Waals surface area contributed by atoms with Crippen molar-refractivity contribution < 1.29 is 14.6 Å². The van der Waals surface area contributed by atoms with E-state index in [-0.39, 0.29) is 17.7 Å². The molecule has 0 amide bonds. The number of aromatic nitrogens is 3. The van der Waals surface area contributed by atoms with E-state index in [2.05, 4.69) is 15.4 Å². The van der Waals surface area contributed by atoms with Crippen LogP contribution in [0.15, 0.2) is 12.4 Å². The molecule has 7 nitrogen and oxygen atoms in total. The van der Waals surface area contributed by atoms with Gasteiger partial charge in [-0.25, -0.2) is 9.78 Å². The first-order chi connectivity index (χ1) is 9.60. The number of aromatic carboxylic acids is 1. The molecule has 1 aliphatic carbocycles. The second-order valence-corrected chi connectivity index (χ2v) is 5.03. The molecule has 2 aromatic heterocycles. The number of rotatable bonds is 4. The molecule has 2 heterocycles. The number of pyridine rings is 1. The summed E-state index contributed by atoms with van der Waals surface area (Å²) in [5.74, 6) is -0.992. The first-order valence-corrected chi connectivity index (χ1v) is 6.43. The third-order valence-corrected chi connectivity index (χ3v) is 3.77. The Morgan fingerprint density at radius 1 is 1.50 bits per heavy atom. The standard InChI is InChI=1S/C13H16N4O3/c1-17-12-9(6-15-17)11(10(5-14-12)13(18)19)16-7-3-8(4-7)20-2/h5-8H,3-4H2,1-2H3,(H,14,16)(H,18,19). The molecule has 0 spiro atoms. The molecule has 2 N–H and O–H groups in total. The lowest BCUT2D eigenvalue weighted by atomic mass is 9.89. The molecule has 0 radical (unpaired) electrons. The van der Waals surface area contributed by atoms with Gasteiger partial charge in [0.15, 0.2) is 5.65 Å². The number of hydrogen-bond donors (Lipinski definition) is 2. The van der Waals surface area contributed by atoms with E-state index in [0.29, 0.717) is 11.3 Å². The van der Waals surface area contributed by atoms with Gasteiger partial charge in [0.25, 0.3) is 0 Å². The SMILES string of the molecule is COC1CC(Nc2c(C(=O)O)cnc3c2cnn3C)C1. The van der Waals surface area contributed by atoms with Crippen LogP contribution in [0.25, 0.3) is 11.0 Å². The maximum absolute atomic E-state index is 11.3. The number of carbonyl (C=O) groups is 1. The van der Waals surface area contributed by atoms with Gasteiger partial charge in [0, 0.05) is 26.4 Å². The Balaban J connectivity index is 1.98. The Morgan fingerprint density at radius 3 is 2.90 bits per heavy atom. The zero-order chi connectivity index (χ0) is 14.3. The fourth-order valence-electron chi connectivity index (χ4n) is 2.49. The molecular weight excluding hydrogens is 260 g/mol. The summed E-state index contributed by atoms with van der Waals surface area (Å²) in [5, 5.41) is 17.5. The third kappa shape index (κ3) is 2.00. The Kier molecular flexibility index (Phi) is 3.06. The number of methoxy groups -OCH3 is 1. The molecule has 0 aromatic carbocycles. The molecule has 106 valence electrons. The normalized spacial score (nSPS) is 21.7. The van der Waals surface area contributed by atoms with Crippen LogP contribution in [0.3, 0.4) is 0 Å². The van der Waals surface area contributed by atoms with Crippen molar-refractivity contribution in [2.75, 3.05) is 12.4 Å². The summed E-state index contributed by atoms with van der Waals surface area (Å²) >= 11 is 0. The topological polar surface area (TPSA) is 89.3 Å². The molecule has 0 atom stereocenters. The molecule has 0 unspecified atom stereocenters. The van der Waals surface area contributed by atoms with E-state index in [9.17, 15) is 9.90 Å². The molecule has 0 saturated heterocycles. The fourth-order valence-corrected chi connectivity index (χ4v) is 2.49. The smallest absolute Gasteiger partial charge is 0.339 e. The highest BCUT2D eigenvalue weighted by molar-refractivity contribution is 6.03. The lowest BCUT2D eigenvalue weighted by Gasteiger charge is -2.35. The molecule has 7 heteroatoms. The van der Waals surface area contributed by atoms with Crippen LogP contribution in [0.2, 0.25) is 0 Å². The lowest BCUT2D eigenvalue weighted by molar-refractivity contribution is 0.0329. The average molecular weight is 276 g/mol. The lowest BCUT2D eigenvalue weighted by Crippen LogP contribution is -2.40. The molecule has 0 aliphatic heterocycles. The summed E-state index contributed by atoms with van der Waals surface area (Å²) in [6, 6.07) is 0.226. The predicted octanol–water partition coefficient (Wildman–Crippen LogP) is 1.26. The highest BCUT2D eigenvalue weighted by Crippen LogP contribution is 2.31.